The Morgan fingerprint density at radius 2 is 1.89 bits per heavy atom. The fraction of sp³-hybridized carbons (Fsp3) is 0.929. The molecule has 0 aromatic carbocycles. The fourth-order valence-electron chi connectivity index (χ4n) is 1.70. The number of likely N-dealkylation sites (N-methyl/N-ethyl adjacent to an activating group) is 1. The summed E-state index contributed by atoms with van der Waals surface area (Å²) < 4.78 is 5.37. The molecule has 1 amide bonds. The van der Waals surface area contributed by atoms with Gasteiger partial charge in [0.25, 0.3) is 0 Å². The normalized spacial score (nSPS) is 13.8. The van der Waals surface area contributed by atoms with Crippen LogP contribution in [0.4, 0.5) is 0 Å². The summed E-state index contributed by atoms with van der Waals surface area (Å²) in [5, 5.41) is 3.35. The predicted octanol–water partition coefficient (Wildman–Crippen LogP) is 1.89. The van der Waals surface area contributed by atoms with Crippen molar-refractivity contribution < 1.29 is 9.53 Å². The third-order valence-electron chi connectivity index (χ3n) is 3.12. The van der Waals surface area contributed by atoms with Gasteiger partial charge in [-0.1, -0.05) is 13.8 Å². The van der Waals surface area contributed by atoms with Gasteiger partial charge in [-0.3, -0.25) is 4.79 Å². The van der Waals surface area contributed by atoms with Gasteiger partial charge >= 0.3 is 0 Å². The summed E-state index contributed by atoms with van der Waals surface area (Å²) in [5.41, 5.74) is -0.142. The molecule has 0 saturated carbocycles. The molecule has 1 atom stereocenters. The molecule has 4 nitrogen and oxygen atoms in total. The molecule has 0 aliphatic carbocycles. The van der Waals surface area contributed by atoms with E-state index in [1.54, 1.807) is 26.1 Å². The highest BCUT2D eigenvalue weighted by Gasteiger charge is 2.22. The van der Waals surface area contributed by atoms with Crippen LogP contribution in [-0.4, -0.2) is 50.2 Å². The summed E-state index contributed by atoms with van der Waals surface area (Å²) in [6, 6.07) is -0.0901. The maximum atomic E-state index is 12.0. The number of methoxy groups -OCH3 is 1. The highest BCUT2D eigenvalue weighted by molar-refractivity contribution is 5.81. The summed E-state index contributed by atoms with van der Waals surface area (Å²) in [6.07, 6.45) is 1.75. The van der Waals surface area contributed by atoms with E-state index in [-0.39, 0.29) is 17.6 Å². The fourth-order valence-corrected chi connectivity index (χ4v) is 1.70. The monoisotopic (exact) mass is 258 g/mol. The molecule has 0 aliphatic rings. The number of hydrogen-bond acceptors (Lipinski definition) is 3. The topological polar surface area (TPSA) is 41.6 Å². The van der Waals surface area contributed by atoms with Crippen LogP contribution in [0.2, 0.25) is 0 Å². The molecular formula is C14H30N2O2. The highest BCUT2D eigenvalue weighted by Crippen LogP contribution is 2.13. The van der Waals surface area contributed by atoms with Crippen LogP contribution < -0.4 is 5.32 Å². The molecule has 0 heterocycles. The standard InChI is InChI=1S/C14H30N2O2/c1-11(2)10-12(13(17)16(5)6)15-9-8-14(3,4)18-7/h11-12,15H,8-10H2,1-7H3. The second-order valence-corrected chi connectivity index (χ2v) is 6.08. The van der Waals surface area contributed by atoms with E-state index >= 15 is 0 Å². The molecule has 4 heteroatoms. The van der Waals surface area contributed by atoms with Crippen molar-refractivity contribution in [1.29, 1.82) is 0 Å². The van der Waals surface area contributed by atoms with Gasteiger partial charge in [0.1, 0.15) is 0 Å². The second-order valence-electron chi connectivity index (χ2n) is 6.08. The third-order valence-corrected chi connectivity index (χ3v) is 3.12. The molecule has 0 rings (SSSR count). The molecular weight excluding hydrogens is 228 g/mol. The van der Waals surface area contributed by atoms with Crippen molar-refractivity contribution in [3.63, 3.8) is 0 Å². The number of carbonyl (C=O) groups is 1. The van der Waals surface area contributed by atoms with Crippen molar-refractivity contribution in [3.8, 4) is 0 Å². The Balaban J connectivity index is 4.30. The largest absolute Gasteiger partial charge is 0.379 e. The lowest BCUT2D eigenvalue weighted by Gasteiger charge is -2.27. The quantitative estimate of drug-likeness (QED) is 0.723. The Labute approximate surface area is 112 Å². The molecule has 1 unspecified atom stereocenters. The number of rotatable bonds is 8. The van der Waals surface area contributed by atoms with E-state index in [0.717, 1.165) is 19.4 Å². The summed E-state index contributed by atoms with van der Waals surface area (Å²) in [5.74, 6) is 0.653. The minimum absolute atomic E-state index is 0.0901. The first-order chi connectivity index (χ1) is 8.19. The van der Waals surface area contributed by atoms with Crippen LogP contribution in [0, 0.1) is 5.92 Å². The zero-order chi connectivity index (χ0) is 14.3. The first kappa shape index (κ1) is 17.4. The molecule has 0 aliphatic heterocycles. The van der Waals surface area contributed by atoms with Crippen LogP contribution in [0.1, 0.15) is 40.5 Å². The van der Waals surface area contributed by atoms with Crippen molar-refractivity contribution in [2.75, 3.05) is 27.7 Å². The van der Waals surface area contributed by atoms with E-state index in [1.165, 1.54) is 0 Å². The number of amides is 1. The van der Waals surface area contributed by atoms with Crippen molar-refractivity contribution in [2.45, 2.75) is 52.2 Å². The van der Waals surface area contributed by atoms with Crippen molar-refractivity contribution in [3.05, 3.63) is 0 Å². The summed E-state index contributed by atoms with van der Waals surface area (Å²) in [4.78, 5) is 13.7. The Morgan fingerprint density at radius 3 is 2.28 bits per heavy atom. The summed E-state index contributed by atoms with van der Waals surface area (Å²) >= 11 is 0. The van der Waals surface area contributed by atoms with Crippen LogP contribution in [0.15, 0.2) is 0 Å². The van der Waals surface area contributed by atoms with Gasteiger partial charge < -0.3 is 15.0 Å². The highest BCUT2D eigenvalue weighted by atomic mass is 16.5. The maximum Gasteiger partial charge on any atom is 0.239 e. The first-order valence-corrected chi connectivity index (χ1v) is 6.69. The molecule has 0 bridgehead atoms. The van der Waals surface area contributed by atoms with Crippen molar-refractivity contribution >= 4 is 5.91 Å². The lowest BCUT2D eigenvalue weighted by atomic mass is 10.0. The Kier molecular flexibility index (Phi) is 7.48. The Bertz CT molecular complexity index is 250. The average molecular weight is 258 g/mol. The Morgan fingerprint density at radius 1 is 1.33 bits per heavy atom. The van der Waals surface area contributed by atoms with Gasteiger partial charge in [0.15, 0.2) is 0 Å². The zero-order valence-electron chi connectivity index (χ0n) is 13.0. The molecule has 0 radical (unpaired) electrons. The smallest absolute Gasteiger partial charge is 0.239 e. The third kappa shape index (κ3) is 6.97. The van der Waals surface area contributed by atoms with Crippen LogP contribution in [-0.2, 0) is 9.53 Å². The second kappa shape index (κ2) is 7.74. The van der Waals surface area contributed by atoms with Crippen molar-refractivity contribution in [1.82, 2.24) is 10.2 Å². The molecule has 108 valence electrons. The van der Waals surface area contributed by atoms with E-state index in [9.17, 15) is 4.79 Å². The molecule has 0 aromatic heterocycles. The van der Waals surface area contributed by atoms with Gasteiger partial charge in [0.2, 0.25) is 5.91 Å². The van der Waals surface area contributed by atoms with Gasteiger partial charge in [-0.25, -0.2) is 0 Å². The van der Waals surface area contributed by atoms with Crippen LogP contribution in [0.3, 0.4) is 0 Å². The number of nitrogens with one attached hydrogen (secondary N) is 1. The van der Waals surface area contributed by atoms with Crippen LogP contribution in [0.5, 0.6) is 0 Å². The minimum Gasteiger partial charge on any atom is -0.379 e. The minimum atomic E-state index is -0.142. The van der Waals surface area contributed by atoms with Gasteiger partial charge in [-0.05, 0) is 39.2 Å². The van der Waals surface area contributed by atoms with Gasteiger partial charge in [0.05, 0.1) is 11.6 Å². The van der Waals surface area contributed by atoms with E-state index in [2.05, 4.69) is 33.0 Å². The first-order valence-electron chi connectivity index (χ1n) is 6.69. The van der Waals surface area contributed by atoms with E-state index in [1.807, 2.05) is 0 Å². The summed E-state index contributed by atoms with van der Waals surface area (Å²) in [6.45, 7) is 9.17. The lowest BCUT2D eigenvalue weighted by molar-refractivity contribution is -0.131. The van der Waals surface area contributed by atoms with Crippen molar-refractivity contribution in [2.24, 2.45) is 5.92 Å². The average Bonchev–Trinajstić information content (AvgIpc) is 2.26. The predicted molar refractivity (Wildman–Crippen MR) is 75.6 cm³/mol. The Hall–Kier alpha value is -0.610. The van der Waals surface area contributed by atoms with Gasteiger partial charge in [0, 0.05) is 21.2 Å². The molecule has 18 heavy (non-hydrogen) atoms. The molecule has 0 saturated heterocycles. The zero-order valence-corrected chi connectivity index (χ0v) is 13.0. The van der Waals surface area contributed by atoms with E-state index in [4.69, 9.17) is 4.74 Å². The SMILES string of the molecule is COC(C)(C)CCNC(CC(C)C)C(=O)N(C)C. The number of hydrogen-bond donors (Lipinski definition) is 1. The van der Waals surface area contributed by atoms with Crippen LogP contribution in [0.25, 0.3) is 0 Å². The van der Waals surface area contributed by atoms with E-state index < -0.39 is 0 Å². The number of ether oxygens (including phenoxy) is 1. The molecule has 1 N–H and O–H groups in total. The molecule has 0 spiro atoms. The van der Waals surface area contributed by atoms with Crippen LogP contribution >= 0.6 is 0 Å². The van der Waals surface area contributed by atoms with Gasteiger partial charge in [-0.15, -0.1) is 0 Å². The summed E-state index contributed by atoms with van der Waals surface area (Å²) in [7, 11) is 5.32. The maximum absolute atomic E-state index is 12.0. The lowest BCUT2D eigenvalue weighted by Crippen LogP contribution is -2.45. The number of carbonyl (C=O) groups excluding carboxylic acids is 1. The number of nitrogens with zero attached hydrogens (tertiary/aromatic N) is 1. The molecule has 0 aromatic rings. The van der Waals surface area contributed by atoms with Gasteiger partial charge in [-0.2, -0.15) is 0 Å². The molecule has 0 fully saturated rings. The van der Waals surface area contributed by atoms with E-state index in [0.29, 0.717) is 5.92 Å².